The Kier molecular flexibility index (Phi) is 8.07. The average molecular weight is 361 g/mol. The summed E-state index contributed by atoms with van der Waals surface area (Å²) in [5.74, 6) is 4.54. The molecule has 0 aliphatic heterocycles. The molecule has 1 aromatic rings. The summed E-state index contributed by atoms with van der Waals surface area (Å²) in [6.07, 6.45) is 4.67. The van der Waals surface area contributed by atoms with Crippen LogP contribution < -0.4 is 0 Å². The third kappa shape index (κ3) is 5.05. The molecular formula is C20H27NO5. The number of benzene rings is 1. The van der Waals surface area contributed by atoms with Crippen molar-refractivity contribution >= 4 is 5.97 Å². The fraction of sp³-hybridized carbons (Fsp3) is 0.550. The maximum Gasteiger partial charge on any atom is 0.344 e. The van der Waals surface area contributed by atoms with E-state index >= 15 is 0 Å². The van der Waals surface area contributed by atoms with Gasteiger partial charge in [-0.1, -0.05) is 61.4 Å². The number of carbonyl (C=O) groups is 1. The van der Waals surface area contributed by atoms with Gasteiger partial charge < -0.3 is 20.1 Å². The highest BCUT2D eigenvalue weighted by Crippen LogP contribution is 2.40. The molecule has 0 heterocycles. The van der Waals surface area contributed by atoms with E-state index in [0.717, 1.165) is 32.1 Å². The maximum absolute atomic E-state index is 12.7. The lowest BCUT2D eigenvalue weighted by Gasteiger charge is -2.36. The molecule has 0 unspecified atom stereocenters. The highest BCUT2D eigenvalue weighted by atomic mass is 16.5. The van der Waals surface area contributed by atoms with Gasteiger partial charge in [0.15, 0.2) is 12.2 Å². The number of hydrogen-bond donors (Lipinski definition) is 3. The molecule has 6 nitrogen and oxygen atoms in total. The predicted octanol–water partition coefficient (Wildman–Crippen LogP) is 1.20. The van der Waals surface area contributed by atoms with Crippen molar-refractivity contribution in [1.29, 1.82) is 0 Å². The first kappa shape index (κ1) is 20.4. The van der Waals surface area contributed by atoms with Crippen LogP contribution >= 0.6 is 0 Å². The van der Waals surface area contributed by atoms with E-state index in [4.69, 9.17) is 14.9 Å². The number of aliphatic hydroxyl groups excluding tert-OH is 2. The van der Waals surface area contributed by atoms with Crippen molar-refractivity contribution in [2.75, 3.05) is 26.6 Å². The zero-order chi connectivity index (χ0) is 18.8. The largest absolute Gasteiger partial charge is 0.450 e. The normalized spacial score (nSPS) is 17.2. The zero-order valence-electron chi connectivity index (χ0n) is 14.9. The van der Waals surface area contributed by atoms with Crippen LogP contribution in [0.3, 0.4) is 0 Å². The number of ether oxygens (including phenoxy) is 1. The molecule has 3 N–H and O–H groups in total. The molecule has 26 heavy (non-hydrogen) atoms. The Morgan fingerprint density at radius 3 is 2.38 bits per heavy atom. The van der Waals surface area contributed by atoms with Gasteiger partial charge in [-0.25, -0.2) is 9.69 Å². The van der Waals surface area contributed by atoms with Crippen molar-refractivity contribution in [3.05, 3.63) is 35.9 Å². The molecule has 0 radical (unpaired) electrons. The molecule has 2 rings (SSSR count). The molecule has 1 atom stereocenters. The van der Waals surface area contributed by atoms with Gasteiger partial charge in [0.1, 0.15) is 0 Å². The van der Waals surface area contributed by atoms with E-state index < -0.39 is 11.6 Å². The lowest BCUT2D eigenvalue weighted by molar-refractivity contribution is -0.174. The third-order valence-electron chi connectivity index (χ3n) is 4.82. The molecule has 142 valence electrons. The predicted molar refractivity (Wildman–Crippen MR) is 96.5 cm³/mol. The van der Waals surface area contributed by atoms with Gasteiger partial charge in [-0.3, -0.25) is 0 Å². The van der Waals surface area contributed by atoms with Crippen LogP contribution in [0.5, 0.6) is 0 Å². The second kappa shape index (κ2) is 10.3. The number of esters is 1. The van der Waals surface area contributed by atoms with Crippen molar-refractivity contribution in [1.82, 2.24) is 4.90 Å². The van der Waals surface area contributed by atoms with Crippen LogP contribution in [0.1, 0.15) is 37.7 Å². The summed E-state index contributed by atoms with van der Waals surface area (Å²) in [5, 5.41) is 29.2. The number of aliphatic hydroxyl groups is 3. The van der Waals surface area contributed by atoms with Gasteiger partial charge in [-0.2, -0.15) is 0 Å². The molecule has 0 aromatic heterocycles. The Morgan fingerprint density at radius 2 is 1.77 bits per heavy atom. The molecule has 0 saturated heterocycles. The first-order chi connectivity index (χ1) is 12.6. The van der Waals surface area contributed by atoms with Crippen LogP contribution in [0.25, 0.3) is 0 Å². The van der Waals surface area contributed by atoms with Gasteiger partial charge in [0, 0.05) is 5.92 Å². The Labute approximate surface area is 154 Å². The van der Waals surface area contributed by atoms with E-state index in [1.54, 1.807) is 24.3 Å². The van der Waals surface area contributed by atoms with E-state index in [0.29, 0.717) is 5.56 Å². The van der Waals surface area contributed by atoms with E-state index in [2.05, 4.69) is 11.8 Å². The smallest absolute Gasteiger partial charge is 0.344 e. The summed E-state index contributed by atoms with van der Waals surface area (Å²) >= 11 is 0. The van der Waals surface area contributed by atoms with Gasteiger partial charge in [0.25, 0.3) is 0 Å². The molecule has 1 aliphatic carbocycles. The van der Waals surface area contributed by atoms with Crippen LogP contribution in [-0.2, 0) is 15.1 Å². The minimum absolute atomic E-state index is 0.147. The first-order valence-electron chi connectivity index (χ1n) is 8.97. The first-order valence-corrected chi connectivity index (χ1v) is 8.97. The van der Waals surface area contributed by atoms with Gasteiger partial charge in [-0.05, 0) is 18.4 Å². The van der Waals surface area contributed by atoms with Crippen molar-refractivity contribution < 1.29 is 24.9 Å². The van der Waals surface area contributed by atoms with Crippen molar-refractivity contribution in [2.45, 2.75) is 37.7 Å². The van der Waals surface area contributed by atoms with Crippen LogP contribution in [0.2, 0.25) is 0 Å². The molecule has 0 bridgehead atoms. The summed E-state index contributed by atoms with van der Waals surface area (Å²) in [7, 11) is 0. The lowest BCUT2D eigenvalue weighted by atomic mass is 9.73. The van der Waals surface area contributed by atoms with Gasteiger partial charge in [0.05, 0.1) is 20.0 Å². The summed E-state index contributed by atoms with van der Waals surface area (Å²) in [5.41, 5.74) is -1.11. The fourth-order valence-electron chi connectivity index (χ4n) is 3.31. The second-order valence-electron chi connectivity index (χ2n) is 6.51. The summed E-state index contributed by atoms with van der Waals surface area (Å²) in [4.78, 5) is 14.0. The van der Waals surface area contributed by atoms with Gasteiger partial charge >= 0.3 is 5.97 Å². The van der Waals surface area contributed by atoms with Crippen molar-refractivity contribution in [3.8, 4) is 11.8 Å². The maximum atomic E-state index is 12.7. The zero-order valence-corrected chi connectivity index (χ0v) is 14.9. The molecule has 1 fully saturated rings. The molecule has 0 amide bonds. The van der Waals surface area contributed by atoms with E-state index in [1.807, 2.05) is 6.07 Å². The number of nitrogens with zero attached hydrogens (tertiary/aromatic N) is 1. The Morgan fingerprint density at radius 1 is 1.12 bits per heavy atom. The molecule has 1 aliphatic rings. The summed E-state index contributed by atoms with van der Waals surface area (Å²) in [6, 6.07) is 8.95. The highest BCUT2D eigenvalue weighted by molar-refractivity contribution is 5.81. The van der Waals surface area contributed by atoms with E-state index in [1.165, 1.54) is 4.90 Å². The molecule has 1 saturated carbocycles. The minimum Gasteiger partial charge on any atom is -0.450 e. The molecular weight excluding hydrogens is 334 g/mol. The summed E-state index contributed by atoms with van der Waals surface area (Å²) < 4.78 is 5.26. The fourth-order valence-corrected chi connectivity index (χ4v) is 3.31. The molecule has 1 aromatic carbocycles. The monoisotopic (exact) mass is 361 g/mol. The van der Waals surface area contributed by atoms with Crippen molar-refractivity contribution in [3.63, 3.8) is 0 Å². The minimum atomic E-state index is -1.66. The second-order valence-corrected chi connectivity index (χ2v) is 6.51. The van der Waals surface area contributed by atoms with Crippen molar-refractivity contribution in [2.24, 2.45) is 5.92 Å². The topological polar surface area (TPSA) is 90.2 Å². The van der Waals surface area contributed by atoms with Gasteiger partial charge in [-0.15, -0.1) is 0 Å². The van der Waals surface area contributed by atoms with E-state index in [-0.39, 0.29) is 32.5 Å². The number of hydrogen-bond acceptors (Lipinski definition) is 6. The number of carbonyl (C=O) groups excluding carboxylic acids is 1. The lowest BCUT2D eigenvalue weighted by Crippen LogP contribution is -2.45. The SMILES string of the molecule is O=C(OCC#CCN(CO)CO)[C@](O)(c1ccccc1)C1CCCCC1. The average Bonchev–Trinajstić information content (AvgIpc) is 2.71. The molecule has 0 spiro atoms. The van der Waals surface area contributed by atoms with Crippen LogP contribution in [-0.4, -0.2) is 52.8 Å². The van der Waals surface area contributed by atoms with Crippen LogP contribution in [0.4, 0.5) is 0 Å². The standard InChI is InChI=1S/C20H27NO5/c22-15-21(16-23)13-7-8-14-26-19(24)20(25,17-9-3-1-4-10-17)18-11-5-2-6-12-18/h1,3-4,9-10,18,22-23,25H,2,5-6,11-16H2/t20-/m0/s1. The quantitative estimate of drug-likeness (QED) is 0.384. The Balaban J connectivity index is 2.06. The van der Waals surface area contributed by atoms with Gasteiger partial charge in [0.2, 0.25) is 0 Å². The Hall–Kier alpha value is -1.91. The van der Waals surface area contributed by atoms with E-state index in [9.17, 15) is 9.90 Å². The third-order valence-corrected chi connectivity index (χ3v) is 4.82. The number of rotatable bonds is 7. The highest BCUT2D eigenvalue weighted by Gasteiger charge is 2.46. The Bertz CT molecular complexity index is 614. The summed E-state index contributed by atoms with van der Waals surface area (Å²) in [6.45, 7) is -0.595. The molecule has 6 heteroatoms. The van der Waals surface area contributed by atoms with Crippen LogP contribution in [0.15, 0.2) is 30.3 Å². The van der Waals surface area contributed by atoms with Crippen LogP contribution in [0, 0.1) is 17.8 Å².